The predicted molar refractivity (Wildman–Crippen MR) is 73.5 cm³/mol. The van der Waals surface area contributed by atoms with E-state index in [1.807, 2.05) is 19.9 Å². The summed E-state index contributed by atoms with van der Waals surface area (Å²) in [4.78, 5) is 25.5. The Morgan fingerprint density at radius 3 is 2.52 bits per heavy atom. The van der Waals surface area contributed by atoms with E-state index >= 15 is 0 Å². The normalized spacial score (nSPS) is 16.8. The first kappa shape index (κ1) is 15.0. The van der Waals surface area contributed by atoms with Gasteiger partial charge >= 0.3 is 6.03 Å². The number of benzene rings is 1. The van der Waals surface area contributed by atoms with Crippen LogP contribution in [0.15, 0.2) is 18.2 Å². The molecule has 6 heteroatoms. The predicted octanol–water partition coefficient (Wildman–Crippen LogP) is 2.31. The summed E-state index contributed by atoms with van der Waals surface area (Å²) in [5.41, 5.74) is -0.229. The molecule has 1 N–H and O–H groups in total. The average molecular weight is 289 g/mol. The molecule has 0 atom stereocenters. The van der Waals surface area contributed by atoms with Gasteiger partial charge in [-0.25, -0.2) is 9.18 Å². The van der Waals surface area contributed by atoms with Crippen molar-refractivity contribution in [2.75, 3.05) is 0 Å². The number of hydrogen-bond acceptors (Lipinski definition) is 3. The van der Waals surface area contributed by atoms with Gasteiger partial charge in [0, 0.05) is 6.54 Å². The van der Waals surface area contributed by atoms with E-state index in [-0.39, 0.29) is 18.0 Å². The van der Waals surface area contributed by atoms with Crippen molar-refractivity contribution in [2.24, 2.45) is 0 Å². The molecule has 0 aromatic heterocycles. The van der Waals surface area contributed by atoms with Gasteiger partial charge in [-0.3, -0.25) is 10.1 Å². The molecule has 1 heterocycles. The third-order valence-corrected chi connectivity index (χ3v) is 4.00. The maximum Gasteiger partial charge on any atom is 0.325 e. The zero-order valence-corrected chi connectivity index (χ0v) is 11.9. The number of carbonyl (C=O) groups excluding carboxylic acids is 2. The molecular formula is C15H16FN3O2. The smallest absolute Gasteiger partial charge is 0.305 e. The van der Waals surface area contributed by atoms with E-state index in [0.717, 1.165) is 6.07 Å². The summed E-state index contributed by atoms with van der Waals surface area (Å²) in [5, 5.41) is 11.2. The van der Waals surface area contributed by atoms with Crippen LogP contribution in [0.3, 0.4) is 0 Å². The highest BCUT2D eigenvalue weighted by atomic mass is 19.1. The number of rotatable bonds is 4. The van der Waals surface area contributed by atoms with Crippen molar-refractivity contribution in [1.29, 1.82) is 5.26 Å². The summed E-state index contributed by atoms with van der Waals surface area (Å²) >= 11 is 0. The molecule has 0 unspecified atom stereocenters. The van der Waals surface area contributed by atoms with Gasteiger partial charge in [-0.1, -0.05) is 13.8 Å². The van der Waals surface area contributed by atoms with Gasteiger partial charge in [0.25, 0.3) is 5.91 Å². The lowest BCUT2D eigenvalue weighted by molar-refractivity contribution is -0.127. The molecule has 1 aromatic carbocycles. The Hall–Kier alpha value is -2.42. The van der Waals surface area contributed by atoms with Crippen LogP contribution in [-0.4, -0.2) is 22.4 Å². The molecule has 0 aliphatic carbocycles. The van der Waals surface area contributed by atoms with Crippen LogP contribution in [0.25, 0.3) is 0 Å². The standard InChI is InChI=1S/C15H16FN3O2/c1-3-15(4-2)13(20)18-14(21)19(15)9-11-5-10(8-17)6-12(16)7-11/h5-7H,3-4,9H2,1-2H3,(H,18,20,21). The summed E-state index contributed by atoms with van der Waals surface area (Å²) in [7, 11) is 0. The quantitative estimate of drug-likeness (QED) is 0.864. The minimum Gasteiger partial charge on any atom is -0.305 e. The van der Waals surface area contributed by atoms with E-state index in [1.54, 1.807) is 0 Å². The summed E-state index contributed by atoms with van der Waals surface area (Å²) < 4.78 is 13.5. The number of amides is 3. The van der Waals surface area contributed by atoms with Crippen molar-refractivity contribution in [3.63, 3.8) is 0 Å². The monoisotopic (exact) mass is 289 g/mol. The summed E-state index contributed by atoms with van der Waals surface area (Å²) in [6.45, 7) is 3.76. The molecule has 5 nitrogen and oxygen atoms in total. The Labute approximate surface area is 122 Å². The summed E-state index contributed by atoms with van der Waals surface area (Å²) in [6, 6.07) is 5.32. The van der Waals surface area contributed by atoms with E-state index in [1.165, 1.54) is 17.0 Å². The van der Waals surface area contributed by atoms with E-state index in [0.29, 0.717) is 18.4 Å². The van der Waals surface area contributed by atoms with Crippen LogP contribution in [-0.2, 0) is 11.3 Å². The minimum atomic E-state index is -0.907. The van der Waals surface area contributed by atoms with Crippen molar-refractivity contribution in [2.45, 2.75) is 38.8 Å². The number of nitrogens with one attached hydrogen (secondary N) is 1. The molecule has 0 bridgehead atoms. The van der Waals surface area contributed by atoms with Crippen molar-refractivity contribution >= 4 is 11.9 Å². The maximum absolute atomic E-state index is 13.5. The Morgan fingerprint density at radius 1 is 1.29 bits per heavy atom. The fraction of sp³-hybridized carbons (Fsp3) is 0.400. The number of hydrogen-bond donors (Lipinski definition) is 1. The largest absolute Gasteiger partial charge is 0.325 e. The van der Waals surface area contributed by atoms with Crippen LogP contribution in [0.4, 0.5) is 9.18 Å². The van der Waals surface area contributed by atoms with E-state index in [4.69, 9.17) is 5.26 Å². The maximum atomic E-state index is 13.5. The van der Waals surface area contributed by atoms with Gasteiger partial charge in [0.05, 0.1) is 11.6 Å². The summed E-state index contributed by atoms with van der Waals surface area (Å²) in [5.74, 6) is -0.858. The Balaban J connectivity index is 2.37. The zero-order chi connectivity index (χ0) is 15.6. The Bertz CT molecular complexity index is 632. The molecule has 21 heavy (non-hydrogen) atoms. The van der Waals surface area contributed by atoms with Crippen molar-refractivity contribution in [1.82, 2.24) is 10.2 Å². The van der Waals surface area contributed by atoms with Gasteiger partial charge in [0.15, 0.2) is 0 Å². The van der Waals surface area contributed by atoms with Crippen molar-refractivity contribution < 1.29 is 14.0 Å². The highest BCUT2D eigenvalue weighted by Crippen LogP contribution is 2.31. The summed E-state index contributed by atoms with van der Waals surface area (Å²) in [6.07, 6.45) is 0.947. The number of imide groups is 1. The Kier molecular flexibility index (Phi) is 3.94. The molecule has 110 valence electrons. The second kappa shape index (κ2) is 5.52. The van der Waals surface area contributed by atoms with Gasteiger partial charge < -0.3 is 4.90 Å². The van der Waals surface area contributed by atoms with Crippen LogP contribution in [0.2, 0.25) is 0 Å². The van der Waals surface area contributed by atoms with E-state index in [2.05, 4.69) is 5.32 Å². The topological polar surface area (TPSA) is 73.2 Å². The van der Waals surface area contributed by atoms with Gasteiger partial charge in [-0.15, -0.1) is 0 Å². The fourth-order valence-corrected chi connectivity index (χ4v) is 2.76. The molecule has 1 aliphatic rings. The average Bonchev–Trinajstić information content (AvgIpc) is 2.69. The van der Waals surface area contributed by atoms with Crippen LogP contribution in [0.1, 0.15) is 37.8 Å². The highest BCUT2D eigenvalue weighted by molar-refractivity contribution is 6.06. The first-order chi connectivity index (χ1) is 9.96. The zero-order valence-electron chi connectivity index (χ0n) is 11.9. The fourth-order valence-electron chi connectivity index (χ4n) is 2.76. The van der Waals surface area contributed by atoms with Gasteiger partial charge in [-0.05, 0) is 36.6 Å². The minimum absolute atomic E-state index is 0.0890. The molecule has 0 radical (unpaired) electrons. The van der Waals surface area contributed by atoms with Crippen LogP contribution < -0.4 is 5.32 Å². The number of halogens is 1. The van der Waals surface area contributed by atoms with E-state index < -0.39 is 17.4 Å². The van der Waals surface area contributed by atoms with Crippen LogP contribution in [0, 0.1) is 17.1 Å². The highest BCUT2D eigenvalue weighted by Gasteiger charge is 2.50. The number of carbonyl (C=O) groups is 2. The number of urea groups is 1. The molecule has 1 saturated heterocycles. The van der Waals surface area contributed by atoms with Gasteiger partial charge in [0.2, 0.25) is 0 Å². The molecular weight excluding hydrogens is 273 g/mol. The lowest BCUT2D eigenvalue weighted by Gasteiger charge is -2.33. The molecule has 3 amide bonds. The number of nitriles is 1. The second-order valence-electron chi connectivity index (χ2n) is 5.04. The van der Waals surface area contributed by atoms with Crippen molar-refractivity contribution in [3.05, 3.63) is 35.1 Å². The third kappa shape index (κ3) is 2.47. The molecule has 1 aromatic rings. The molecule has 2 rings (SSSR count). The first-order valence-electron chi connectivity index (χ1n) is 6.79. The van der Waals surface area contributed by atoms with Gasteiger partial charge in [0.1, 0.15) is 11.4 Å². The van der Waals surface area contributed by atoms with Crippen LogP contribution in [0.5, 0.6) is 0 Å². The molecule has 1 fully saturated rings. The molecule has 0 spiro atoms. The van der Waals surface area contributed by atoms with Gasteiger partial charge in [-0.2, -0.15) is 5.26 Å². The second-order valence-corrected chi connectivity index (χ2v) is 5.04. The molecule has 0 saturated carbocycles. The lowest BCUT2D eigenvalue weighted by atomic mass is 9.91. The SMILES string of the molecule is CCC1(CC)C(=O)NC(=O)N1Cc1cc(F)cc(C#N)c1. The third-order valence-electron chi connectivity index (χ3n) is 4.00. The first-order valence-corrected chi connectivity index (χ1v) is 6.79. The number of nitrogens with zero attached hydrogens (tertiary/aromatic N) is 2. The van der Waals surface area contributed by atoms with Crippen molar-refractivity contribution in [3.8, 4) is 6.07 Å². The Morgan fingerprint density at radius 2 is 1.95 bits per heavy atom. The molecule has 1 aliphatic heterocycles. The van der Waals surface area contributed by atoms with Crippen LogP contribution >= 0.6 is 0 Å². The van der Waals surface area contributed by atoms with E-state index in [9.17, 15) is 14.0 Å². The lowest BCUT2D eigenvalue weighted by Crippen LogP contribution is -2.48.